The molecule has 0 spiro atoms. The number of nitrogens with one attached hydrogen (secondary N) is 4. The lowest BCUT2D eigenvalue weighted by atomic mass is 10.0. The SMILES string of the molecule is O=C(NC[C@H](NS(=O)(=O)c1ccccc1)C(=O)O)c1ccc(N2CCC[C@H](NC3=NCCCN3)C2)c(F)c1. The number of carboxylic acid groups (broad SMARTS) is 1. The van der Waals surface area contributed by atoms with E-state index >= 15 is 4.39 Å². The number of halogens is 1. The lowest BCUT2D eigenvalue weighted by Crippen LogP contribution is -2.52. The molecule has 38 heavy (non-hydrogen) atoms. The summed E-state index contributed by atoms with van der Waals surface area (Å²) in [7, 11) is -4.12. The summed E-state index contributed by atoms with van der Waals surface area (Å²) in [5.41, 5.74) is 0.361. The van der Waals surface area contributed by atoms with E-state index in [1.54, 1.807) is 6.07 Å². The van der Waals surface area contributed by atoms with E-state index in [2.05, 4.69) is 25.7 Å². The average molecular weight is 547 g/mol. The van der Waals surface area contributed by atoms with Gasteiger partial charge in [0.15, 0.2) is 5.96 Å². The number of carbonyl (C=O) groups is 2. The fourth-order valence-corrected chi connectivity index (χ4v) is 5.58. The van der Waals surface area contributed by atoms with E-state index < -0.39 is 40.3 Å². The van der Waals surface area contributed by atoms with Gasteiger partial charge in [0.1, 0.15) is 11.9 Å². The van der Waals surface area contributed by atoms with Gasteiger partial charge < -0.3 is 26.0 Å². The first kappa shape index (κ1) is 27.3. The fraction of sp³-hybridized carbons (Fsp3) is 0.400. The van der Waals surface area contributed by atoms with Crippen molar-refractivity contribution in [2.45, 2.75) is 36.2 Å². The molecule has 1 fully saturated rings. The Morgan fingerprint density at radius 3 is 2.66 bits per heavy atom. The van der Waals surface area contributed by atoms with Crippen LogP contribution in [0, 0.1) is 5.82 Å². The van der Waals surface area contributed by atoms with Crippen LogP contribution < -0.4 is 25.6 Å². The summed E-state index contributed by atoms with van der Waals surface area (Å²) in [5, 5.41) is 18.4. The van der Waals surface area contributed by atoms with Gasteiger partial charge in [-0.1, -0.05) is 18.2 Å². The van der Waals surface area contributed by atoms with Crippen molar-refractivity contribution in [3.05, 3.63) is 59.9 Å². The topological polar surface area (TPSA) is 152 Å². The van der Waals surface area contributed by atoms with Crippen LogP contribution in [0.3, 0.4) is 0 Å². The van der Waals surface area contributed by atoms with E-state index in [4.69, 9.17) is 0 Å². The second kappa shape index (κ2) is 12.2. The summed E-state index contributed by atoms with van der Waals surface area (Å²) < 4.78 is 42.1. The van der Waals surface area contributed by atoms with Crippen LogP contribution in [0.5, 0.6) is 0 Å². The molecule has 0 radical (unpaired) electrons. The van der Waals surface area contributed by atoms with Crippen LogP contribution in [0.1, 0.15) is 29.6 Å². The highest BCUT2D eigenvalue weighted by Crippen LogP contribution is 2.24. The van der Waals surface area contributed by atoms with Gasteiger partial charge in [0.05, 0.1) is 10.6 Å². The number of aliphatic imine (C=N–C) groups is 1. The molecule has 2 aromatic rings. The van der Waals surface area contributed by atoms with E-state index in [1.807, 2.05) is 4.90 Å². The van der Waals surface area contributed by atoms with Gasteiger partial charge >= 0.3 is 5.97 Å². The minimum absolute atomic E-state index is 0.00579. The Balaban J connectivity index is 1.36. The molecule has 1 amide bonds. The van der Waals surface area contributed by atoms with Gasteiger partial charge in [0.25, 0.3) is 5.91 Å². The Morgan fingerprint density at radius 1 is 1.18 bits per heavy atom. The third kappa shape index (κ3) is 6.98. The van der Waals surface area contributed by atoms with Gasteiger partial charge in [0, 0.05) is 44.3 Å². The quantitative estimate of drug-likeness (QED) is 0.311. The van der Waals surface area contributed by atoms with Crippen molar-refractivity contribution in [3.8, 4) is 0 Å². The zero-order chi connectivity index (χ0) is 27.1. The molecule has 0 unspecified atom stereocenters. The number of anilines is 1. The average Bonchev–Trinajstić information content (AvgIpc) is 2.92. The maximum absolute atomic E-state index is 15.1. The zero-order valence-corrected chi connectivity index (χ0v) is 21.5. The number of benzene rings is 2. The van der Waals surface area contributed by atoms with Crippen molar-refractivity contribution in [1.82, 2.24) is 20.7 Å². The second-order valence-corrected chi connectivity index (χ2v) is 10.9. The molecule has 0 aliphatic carbocycles. The first-order valence-corrected chi connectivity index (χ1v) is 13.9. The lowest BCUT2D eigenvalue weighted by molar-refractivity contribution is -0.138. The fourth-order valence-electron chi connectivity index (χ4n) is 4.37. The van der Waals surface area contributed by atoms with Crippen molar-refractivity contribution >= 4 is 33.5 Å². The van der Waals surface area contributed by atoms with Crippen LogP contribution in [0.25, 0.3) is 0 Å². The number of guanidine groups is 1. The van der Waals surface area contributed by atoms with Crippen molar-refractivity contribution in [1.29, 1.82) is 0 Å². The Bertz CT molecular complexity index is 1290. The number of sulfonamides is 1. The molecular weight excluding hydrogens is 515 g/mol. The number of hydrogen-bond donors (Lipinski definition) is 5. The van der Waals surface area contributed by atoms with E-state index in [9.17, 15) is 23.1 Å². The molecule has 0 bridgehead atoms. The third-order valence-corrected chi connectivity index (χ3v) is 7.81. The highest BCUT2D eigenvalue weighted by Gasteiger charge is 2.27. The molecule has 2 aromatic carbocycles. The monoisotopic (exact) mass is 546 g/mol. The van der Waals surface area contributed by atoms with Gasteiger partial charge in [-0.2, -0.15) is 4.72 Å². The molecule has 1 saturated heterocycles. The molecule has 2 aliphatic rings. The lowest BCUT2D eigenvalue weighted by Gasteiger charge is -2.36. The summed E-state index contributed by atoms with van der Waals surface area (Å²) in [4.78, 5) is 30.5. The summed E-state index contributed by atoms with van der Waals surface area (Å²) in [6, 6.07) is 9.86. The maximum atomic E-state index is 15.1. The number of nitrogens with zero attached hydrogens (tertiary/aromatic N) is 2. The summed E-state index contributed by atoms with van der Waals surface area (Å²) in [6.45, 7) is 2.36. The zero-order valence-electron chi connectivity index (χ0n) is 20.7. The van der Waals surface area contributed by atoms with Crippen LogP contribution in [-0.2, 0) is 14.8 Å². The minimum Gasteiger partial charge on any atom is -0.480 e. The minimum atomic E-state index is -4.12. The van der Waals surface area contributed by atoms with Crippen LogP contribution in [0.4, 0.5) is 10.1 Å². The Kier molecular flexibility index (Phi) is 8.79. The number of aliphatic carboxylic acids is 1. The normalized spacial score (nSPS) is 18.6. The number of rotatable bonds is 9. The van der Waals surface area contributed by atoms with Gasteiger partial charge in [-0.15, -0.1) is 0 Å². The molecule has 13 heteroatoms. The number of amides is 1. The molecule has 4 rings (SSSR count). The Morgan fingerprint density at radius 2 is 1.97 bits per heavy atom. The maximum Gasteiger partial charge on any atom is 0.323 e. The van der Waals surface area contributed by atoms with E-state index in [0.29, 0.717) is 18.8 Å². The highest BCUT2D eigenvalue weighted by atomic mass is 32.2. The van der Waals surface area contributed by atoms with Gasteiger partial charge in [-0.05, 0) is 49.6 Å². The number of carbonyl (C=O) groups excluding carboxylic acids is 1. The van der Waals surface area contributed by atoms with Crippen LogP contribution in [-0.4, -0.2) is 76.2 Å². The molecular formula is C25H31FN6O5S. The predicted octanol–water partition coefficient (Wildman–Crippen LogP) is 0.895. The number of hydrogen-bond acceptors (Lipinski definition) is 8. The van der Waals surface area contributed by atoms with E-state index in [-0.39, 0.29) is 16.5 Å². The van der Waals surface area contributed by atoms with Gasteiger partial charge in [-0.25, -0.2) is 12.8 Å². The van der Waals surface area contributed by atoms with E-state index in [0.717, 1.165) is 44.4 Å². The molecule has 0 saturated carbocycles. The number of carboxylic acids is 1. The molecule has 0 aromatic heterocycles. The standard InChI is InChI=1S/C25H31FN6O5S/c26-20-14-17(9-10-22(20)32-13-4-6-18(16-32)30-25-27-11-5-12-28-25)23(33)29-15-21(24(34)35)31-38(36,37)19-7-2-1-3-8-19/h1-3,7-10,14,18,21,31H,4-6,11-13,15-16H2,(H,29,33)(H,34,35)(H2,27,28,30)/t18-,21-/m0/s1. The molecule has 2 aliphatic heterocycles. The van der Waals surface area contributed by atoms with Crippen molar-refractivity contribution in [3.63, 3.8) is 0 Å². The van der Waals surface area contributed by atoms with Crippen LogP contribution in [0.15, 0.2) is 58.4 Å². The second-order valence-electron chi connectivity index (χ2n) is 9.14. The molecule has 11 nitrogen and oxygen atoms in total. The molecule has 204 valence electrons. The Labute approximate surface area is 220 Å². The third-order valence-electron chi connectivity index (χ3n) is 6.33. The summed E-state index contributed by atoms with van der Waals surface area (Å²) in [5.74, 6) is -2.00. The van der Waals surface area contributed by atoms with Gasteiger partial charge in [-0.3, -0.25) is 14.6 Å². The van der Waals surface area contributed by atoms with Crippen molar-refractivity contribution < 1.29 is 27.5 Å². The van der Waals surface area contributed by atoms with Gasteiger partial charge in [0.2, 0.25) is 10.0 Å². The summed E-state index contributed by atoms with van der Waals surface area (Å²) >= 11 is 0. The van der Waals surface area contributed by atoms with E-state index in [1.165, 1.54) is 36.4 Å². The predicted molar refractivity (Wildman–Crippen MR) is 140 cm³/mol. The molecule has 2 heterocycles. The summed E-state index contributed by atoms with van der Waals surface area (Å²) in [6.07, 6.45) is 2.79. The Hall–Kier alpha value is -3.71. The first-order chi connectivity index (χ1) is 18.2. The highest BCUT2D eigenvalue weighted by molar-refractivity contribution is 7.89. The molecule has 5 N–H and O–H groups in total. The smallest absolute Gasteiger partial charge is 0.323 e. The van der Waals surface area contributed by atoms with Crippen LogP contribution in [0.2, 0.25) is 0 Å². The van der Waals surface area contributed by atoms with Crippen LogP contribution >= 0.6 is 0 Å². The van der Waals surface area contributed by atoms with Crippen molar-refractivity contribution in [2.75, 3.05) is 37.6 Å². The largest absolute Gasteiger partial charge is 0.480 e. The first-order valence-electron chi connectivity index (χ1n) is 12.4. The number of piperidine rings is 1. The van der Waals surface area contributed by atoms with Crippen molar-refractivity contribution in [2.24, 2.45) is 4.99 Å². The molecule has 2 atom stereocenters.